The van der Waals surface area contributed by atoms with Crippen molar-refractivity contribution in [3.63, 3.8) is 0 Å². The Kier molecular flexibility index (Phi) is 6.78. The largest absolute Gasteiger partial charge is 0.393 e. The summed E-state index contributed by atoms with van der Waals surface area (Å²) in [4.78, 5) is 26.6. The van der Waals surface area contributed by atoms with Gasteiger partial charge in [-0.1, -0.05) is 0 Å². The number of aromatic nitrogens is 6. The molecule has 6 rings (SSSR count). The highest BCUT2D eigenvalue weighted by atomic mass is 32.2. The van der Waals surface area contributed by atoms with Crippen LogP contribution in [-0.2, 0) is 10.0 Å². The van der Waals surface area contributed by atoms with E-state index in [1.54, 1.807) is 18.5 Å². The summed E-state index contributed by atoms with van der Waals surface area (Å²) in [7, 11) is -3.48. The molecule has 4 aromatic heterocycles. The van der Waals surface area contributed by atoms with Gasteiger partial charge in [0.15, 0.2) is 5.82 Å². The van der Waals surface area contributed by atoms with Gasteiger partial charge in [0.1, 0.15) is 11.6 Å². The van der Waals surface area contributed by atoms with Gasteiger partial charge in [0.25, 0.3) is 15.9 Å². The molecular weight excluding hydrogens is 532 g/mol. The summed E-state index contributed by atoms with van der Waals surface area (Å²) in [5.41, 5.74) is 1.92. The number of carbonyl (C=O) groups is 1. The zero-order valence-electron chi connectivity index (χ0n) is 22.4. The molecule has 1 amide bonds. The number of amides is 1. The molecule has 0 bridgehead atoms. The maximum atomic E-state index is 13.2. The summed E-state index contributed by atoms with van der Waals surface area (Å²) in [5, 5.41) is 20.5. The van der Waals surface area contributed by atoms with Crippen LogP contribution < -0.4 is 10.6 Å². The van der Waals surface area contributed by atoms with Crippen LogP contribution in [0.2, 0.25) is 0 Å². The first-order valence-corrected chi connectivity index (χ1v) is 15.1. The lowest BCUT2D eigenvalue weighted by molar-refractivity contribution is 0.0869. The molecule has 210 valence electrons. The number of fused-ring (bicyclic) bond motifs is 1. The lowest BCUT2D eigenvalue weighted by Gasteiger charge is -2.26. The maximum absolute atomic E-state index is 13.2. The Hall–Kier alpha value is -3.84. The van der Waals surface area contributed by atoms with Gasteiger partial charge in [-0.3, -0.25) is 4.79 Å². The van der Waals surface area contributed by atoms with Gasteiger partial charge < -0.3 is 20.3 Å². The van der Waals surface area contributed by atoms with E-state index in [2.05, 4.69) is 44.5 Å². The average Bonchev–Trinajstić information content (AvgIpc) is 3.55. The molecule has 3 N–H and O–H groups in total. The average molecular weight is 565 g/mol. The minimum absolute atomic E-state index is 0.0510. The molecule has 2 fully saturated rings. The molecule has 0 unspecified atom stereocenters. The number of rotatable bonds is 8. The Balaban J connectivity index is 1.24. The predicted molar refractivity (Wildman–Crippen MR) is 150 cm³/mol. The van der Waals surface area contributed by atoms with Crippen molar-refractivity contribution in [1.82, 2.24) is 34.0 Å². The second kappa shape index (κ2) is 10.3. The normalized spacial score (nSPS) is 19.7. The molecule has 0 aliphatic heterocycles. The van der Waals surface area contributed by atoms with E-state index in [9.17, 15) is 18.3 Å². The molecule has 2 aliphatic rings. The fourth-order valence-corrected chi connectivity index (χ4v) is 6.56. The fraction of sp³-hybridized carbons (Fsp3) is 0.444. The van der Waals surface area contributed by atoms with Gasteiger partial charge in [-0.05, 0) is 58.4 Å². The van der Waals surface area contributed by atoms with E-state index in [0.717, 1.165) is 27.8 Å². The van der Waals surface area contributed by atoms with Gasteiger partial charge in [-0.15, -0.1) is 0 Å². The van der Waals surface area contributed by atoms with Crippen LogP contribution in [0.1, 0.15) is 68.8 Å². The van der Waals surface area contributed by atoms with E-state index in [4.69, 9.17) is 0 Å². The minimum atomic E-state index is -3.48. The molecule has 0 spiro atoms. The van der Waals surface area contributed by atoms with Crippen LogP contribution in [0.4, 0.5) is 11.6 Å². The number of hydrogen-bond donors (Lipinski definition) is 3. The number of pyridine rings is 1. The maximum Gasteiger partial charge on any atom is 0.256 e. The van der Waals surface area contributed by atoms with Crippen LogP contribution in [0.15, 0.2) is 43.1 Å². The van der Waals surface area contributed by atoms with Crippen LogP contribution in [0.5, 0.6) is 0 Å². The monoisotopic (exact) mass is 564 g/mol. The van der Waals surface area contributed by atoms with Crippen LogP contribution in [-0.4, -0.2) is 65.5 Å². The standard InChI is InChI=1S/C27H32N8O4S/c1-16(2)34-15-22(27(37)31-18-3-5-19(36)6-4-18)21-13-29-25(11-23(21)34)32-24-9-10-28-26(33-24)17-12-30-35(14-17)40(38,39)20-7-8-20/h9-16,18-20,36H,3-8H2,1-2H3,(H,31,37)(H,28,29,32,33). The Bertz CT molecular complexity index is 1670. The van der Waals surface area contributed by atoms with Crippen molar-refractivity contribution in [2.24, 2.45) is 0 Å². The van der Waals surface area contributed by atoms with Crippen molar-refractivity contribution in [2.45, 2.75) is 75.8 Å². The number of anilines is 2. The van der Waals surface area contributed by atoms with E-state index in [1.165, 1.54) is 12.4 Å². The number of carbonyl (C=O) groups excluding carboxylic acids is 1. The van der Waals surface area contributed by atoms with E-state index in [1.807, 2.05) is 16.8 Å². The van der Waals surface area contributed by atoms with E-state index in [-0.39, 0.29) is 29.3 Å². The highest BCUT2D eigenvalue weighted by molar-refractivity contribution is 7.90. The second-order valence-corrected chi connectivity index (χ2v) is 12.9. The van der Waals surface area contributed by atoms with Crippen LogP contribution in [0, 0.1) is 0 Å². The summed E-state index contributed by atoms with van der Waals surface area (Å²) >= 11 is 0. The molecule has 0 saturated heterocycles. The Morgan fingerprint density at radius 1 is 1.05 bits per heavy atom. The third-order valence-corrected chi connectivity index (χ3v) is 9.52. The Labute approximate surface area is 231 Å². The molecule has 0 atom stereocenters. The third-order valence-electron chi connectivity index (χ3n) is 7.49. The quantitative estimate of drug-likeness (QED) is 0.292. The summed E-state index contributed by atoms with van der Waals surface area (Å²) in [6, 6.07) is 3.74. The fourth-order valence-electron chi connectivity index (χ4n) is 5.08. The SMILES string of the molecule is CC(C)n1cc(C(=O)NC2CCC(O)CC2)c2cnc(Nc3ccnc(-c4cnn(S(=O)(=O)C5CC5)c4)n3)cc21. The molecule has 2 aliphatic carbocycles. The van der Waals surface area contributed by atoms with Gasteiger partial charge in [-0.2, -0.15) is 9.19 Å². The second-order valence-electron chi connectivity index (χ2n) is 10.8. The van der Waals surface area contributed by atoms with Crippen molar-refractivity contribution in [1.29, 1.82) is 0 Å². The molecule has 40 heavy (non-hydrogen) atoms. The van der Waals surface area contributed by atoms with Crippen molar-refractivity contribution in [3.8, 4) is 11.4 Å². The van der Waals surface area contributed by atoms with Crippen molar-refractivity contribution >= 4 is 38.5 Å². The molecule has 0 aromatic carbocycles. The first kappa shape index (κ1) is 26.4. The molecule has 2 saturated carbocycles. The first-order chi connectivity index (χ1) is 19.2. The van der Waals surface area contributed by atoms with Gasteiger partial charge in [0, 0.05) is 42.1 Å². The topological polar surface area (TPSA) is 157 Å². The third kappa shape index (κ3) is 5.18. The smallest absolute Gasteiger partial charge is 0.256 e. The van der Waals surface area contributed by atoms with Gasteiger partial charge in [0.2, 0.25) is 0 Å². The zero-order valence-corrected chi connectivity index (χ0v) is 23.2. The summed E-state index contributed by atoms with van der Waals surface area (Å²) in [6.45, 7) is 4.11. The summed E-state index contributed by atoms with van der Waals surface area (Å²) in [5.74, 6) is 1.22. The molecular formula is C27H32N8O4S. The predicted octanol–water partition coefficient (Wildman–Crippen LogP) is 3.39. The Morgan fingerprint density at radius 2 is 1.82 bits per heavy atom. The minimum Gasteiger partial charge on any atom is -0.393 e. The number of aliphatic hydroxyl groups is 1. The molecule has 12 nitrogen and oxygen atoms in total. The van der Waals surface area contributed by atoms with Crippen LogP contribution in [0.25, 0.3) is 22.3 Å². The van der Waals surface area contributed by atoms with Gasteiger partial charge >= 0.3 is 0 Å². The number of hydrogen-bond acceptors (Lipinski definition) is 9. The van der Waals surface area contributed by atoms with Gasteiger partial charge in [0.05, 0.1) is 40.4 Å². The Morgan fingerprint density at radius 3 is 2.55 bits per heavy atom. The molecule has 0 radical (unpaired) electrons. The van der Waals surface area contributed by atoms with Gasteiger partial charge in [-0.25, -0.2) is 23.4 Å². The number of nitrogens with one attached hydrogen (secondary N) is 2. The summed E-state index contributed by atoms with van der Waals surface area (Å²) in [6.07, 6.45) is 12.0. The first-order valence-electron chi connectivity index (χ1n) is 13.6. The van der Waals surface area contributed by atoms with Crippen LogP contribution >= 0.6 is 0 Å². The van der Waals surface area contributed by atoms with E-state index >= 15 is 0 Å². The van der Waals surface area contributed by atoms with Crippen molar-refractivity contribution in [3.05, 3.63) is 48.7 Å². The number of aliphatic hydroxyl groups excluding tert-OH is 1. The van der Waals surface area contributed by atoms with Crippen molar-refractivity contribution in [2.75, 3.05) is 5.32 Å². The van der Waals surface area contributed by atoms with E-state index < -0.39 is 10.0 Å². The highest BCUT2D eigenvalue weighted by Gasteiger charge is 2.37. The van der Waals surface area contributed by atoms with Crippen molar-refractivity contribution < 1.29 is 18.3 Å². The molecule has 4 aromatic rings. The van der Waals surface area contributed by atoms with Crippen LogP contribution in [0.3, 0.4) is 0 Å². The van der Waals surface area contributed by atoms with E-state index in [0.29, 0.717) is 54.3 Å². The molecule has 13 heteroatoms. The lowest BCUT2D eigenvalue weighted by Crippen LogP contribution is -2.38. The highest BCUT2D eigenvalue weighted by Crippen LogP contribution is 2.31. The molecule has 4 heterocycles. The lowest BCUT2D eigenvalue weighted by atomic mass is 9.93. The summed E-state index contributed by atoms with van der Waals surface area (Å²) < 4.78 is 28.0. The zero-order chi connectivity index (χ0) is 28.0. The number of nitrogens with zero attached hydrogens (tertiary/aromatic N) is 6.